The van der Waals surface area contributed by atoms with Crippen LogP contribution in [0.4, 0.5) is 4.39 Å². The van der Waals surface area contributed by atoms with E-state index in [0.29, 0.717) is 46.9 Å². The zero-order valence-electron chi connectivity index (χ0n) is 18.8. The maximum Gasteiger partial charge on any atom is 0.246 e. The summed E-state index contributed by atoms with van der Waals surface area (Å²) in [7, 11) is 0. The van der Waals surface area contributed by atoms with Crippen LogP contribution in [0, 0.1) is 5.82 Å². The average Bonchev–Trinajstić information content (AvgIpc) is 3.40. The average molecular weight is 458 g/mol. The molecule has 34 heavy (non-hydrogen) atoms. The van der Waals surface area contributed by atoms with Crippen LogP contribution in [0.15, 0.2) is 73.7 Å². The Morgan fingerprint density at radius 2 is 2.06 bits per heavy atom. The molecule has 1 aliphatic rings. The SMILES string of the molecule is C=CC(=O)N1CCCC1(C)Cn1nc(-c2ccc(Oc3ccccc3)cc2F)c2cncnc21. The van der Waals surface area contributed by atoms with E-state index in [1.54, 1.807) is 23.0 Å². The number of para-hydroxylation sites is 1. The van der Waals surface area contributed by atoms with E-state index in [2.05, 4.69) is 16.5 Å². The Morgan fingerprint density at radius 1 is 1.24 bits per heavy atom. The van der Waals surface area contributed by atoms with Gasteiger partial charge in [0.2, 0.25) is 5.91 Å². The summed E-state index contributed by atoms with van der Waals surface area (Å²) in [5, 5.41) is 5.37. The minimum Gasteiger partial charge on any atom is -0.457 e. The predicted octanol–water partition coefficient (Wildman–Crippen LogP) is 4.99. The number of amides is 1. The number of hydrogen-bond acceptors (Lipinski definition) is 5. The highest BCUT2D eigenvalue weighted by Crippen LogP contribution is 2.35. The first kappa shape index (κ1) is 21.8. The number of fused-ring (bicyclic) bond motifs is 1. The predicted molar refractivity (Wildman–Crippen MR) is 127 cm³/mol. The molecule has 5 rings (SSSR count). The maximum atomic E-state index is 15.2. The van der Waals surface area contributed by atoms with Crippen LogP contribution in [0.3, 0.4) is 0 Å². The van der Waals surface area contributed by atoms with E-state index in [4.69, 9.17) is 9.84 Å². The Hall–Kier alpha value is -4.07. The summed E-state index contributed by atoms with van der Waals surface area (Å²) in [6.07, 6.45) is 6.15. The lowest BCUT2D eigenvalue weighted by Gasteiger charge is -2.34. The second-order valence-electron chi connectivity index (χ2n) is 8.62. The van der Waals surface area contributed by atoms with Crippen LogP contribution in [-0.2, 0) is 11.3 Å². The molecular weight excluding hydrogens is 433 g/mol. The molecule has 4 aromatic rings. The van der Waals surface area contributed by atoms with E-state index in [1.165, 1.54) is 18.5 Å². The van der Waals surface area contributed by atoms with E-state index < -0.39 is 11.4 Å². The second kappa shape index (κ2) is 8.70. The van der Waals surface area contributed by atoms with Gasteiger partial charge in [0.1, 0.15) is 29.3 Å². The van der Waals surface area contributed by atoms with Crippen molar-refractivity contribution in [3.8, 4) is 22.8 Å². The smallest absolute Gasteiger partial charge is 0.246 e. The number of hydrogen-bond donors (Lipinski definition) is 0. The molecule has 0 saturated carbocycles. The third kappa shape index (κ3) is 3.91. The van der Waals surface area contributed by atoms with Crippen molar-refractivity contribution in [3.63, 3.8) is 0 Å². The third-order valence-corrected chi connectivity index (χ3v) is 6.27. The van der Waals surface area contributed by atoms with Crippen LogP contribution < -0.4 is 4.74 Å². The van der Waals surface area contributed by atoms with E-state index in [1.807, 2.05) is 42.2 Å². The minimum atomic E-state index is -0.459. The molecule has 0 spiro atoms. The first-order valence-corrected chi connectivity index (χ1v) is 11.1. The molecule has 1 unspecified atom stereocenters. The van der Waals surface area contributed by atoms with Crippen molar-refractivity contribution in [1.29, 1.82) is 0 Å². The number of rotatable bonds is 6. The van der Waals surface area contributed by atoms with Gasteiger partial charge in [0, 0.05) is 24.4 Å². The van der Waals surface area contributed by atoms with Gasteiger partial charge in [0.15, 0.2) is 5.65 Å². The highest BCUT2D eigenvalue weighted by Gasteiger charge is 2.40. The van der Waals surface area contributed by atoms with Crippen molar-refractivity contribution in [2.75, 3.05) is 6.54 Å². The number of halogens is 1. The zero-order chi connectivity index (χ0) is 23.7. The van der Waals surface area contributed by atoms with Crippen molar-refractivity contribution in [2.45, 2.75) is 31.8 Å². The van der Waals surface area contributed by atoms with Crippen LogP contribution in [0.1, 0.15) is 19.8 Å². The van der Waals surface area contributed by atoms with Crippen LogP contribution in [-0.4, -0.2) is 42.6 Å². The molecule has 3 heterocycles. The summed E-state index contributed by atoms with van der Waals surface area (Å²) in [5.74, 6) is 0.455. The van der Waals surface area contributed by atoms with Gasteiger partial charge in [0.05, 0.1) is 17.5 Å². The monoisotopic (exact) mass is 457 g/mol. The standard InChI is InChI=1S/C26H24FN5O2/c1-3-23(33)31-13-7-12-26(31,2)16-32-25-21(15-28-17-29-25)24(30-32)20-11-10-19(14-22(20)27)34-18-8-5-4-6-9-18/h3-6,8-11,14-15,17H,1,7,12-13,16H2,2H3. The highest BCUT2D eigenvalue weighted by atomic mass is 19.1. The summed E-state index contributed by atoms with van der Waals surface area (Å²) < 4.78 is 22.7. The first-order chi connectivity index (χ1) is 16.5. The number of likely N-dealkylation sites (tertiary alicyclic amines) is 1. The fourth-order valence-corrected chi connectivity index (χ4v) is 4.60. The molecule has 8 heteroatoms. The molecule has 1 aliphatic heterocycles. The summed E-state index contributed by atoms with van der Waals surface area (Å²) in [4.78, 5) is 22.8. The fourth-order valence-electron chi connectivity index (χ4n) is 4.60. The molecule has 0 radical (unpaired) electrons. The van der Waals surface area contributed by atoms with Gasteiger partial charge in [-0.2, -0.15) is 5.10 Å². The van der Waals surface area contributed by atoms with Crippen LogP contribution >= 0.6 is 0 Å². The first-order valence-electron chi connectivity index (χ1n) is 11.1. The molecule has 0 bridgehead atoms. The number of carbonyl (C=O) groups excluding carboxylic acids is 1. The normalized spacial score (nSPS) is 17.8. The Morgan fingerprint density at radius 3 is 2.82 bits per heavy atom. The van der Waals surface area contributed by atoms with Gasteiger partial charge in [-0.1, -0.05) is 24.8 Å². The summed E-state index contributed by atoms with van der Waals surface area (Å²) in [6.45, 7) is 6.76. The minimum absolute atomic E-state index is 0.105. The number of ether oxygens (including phenoxy) is 1. The Kier molecular flexibility index (Phi) is 5.57. The molecule has 2 aromatic heterocycles. The number of carbonyl (C=O) groups is 1. The Bertz CT molecular complexity index is 1370. The second-order valence-corrected chi connectivity index (χ2v) is 8.62. The number of nitrogens with zero attached hydrogens (tertiary/aromatic N) is 5. The molecule has 1 amide bonds. The third-order valence-electron chi connectivity index (χ3n) is 6.27. The van der Waals surface area contributed by atoms with Crippen molar-refractivity contribution in [1.82, 2.24) is 24.6 Å². The lowest BCUT2D eigenvalue weighted by Crippen LogP contribution is -2.47. The zero-order valence-corrected chi connectivity index (χ0v) is 18.8. The maximum absolute atomic E-state index is 15.2. The lowest BCUT2D eigenvalue weighted by molar-refractivity contribution is -0.129. The van der Waals surface area contributed by atoms with Crippen molar-refractivity contribution < 1.29 is 13.9 Å². The molecule has 172 valence electrons. The molecule has 1 fully saturated rings. The largest absolute Gasteiger partial charge is 0.457 e. The highest BCUT2D eigenvalue weighted by molar-refractivity contribution is 5.91. The Balaban J connectivity index is 1.51. The topological polar surface area (TPSA) is 73.1 Å². The van der Waals surface area contributed by atoms with Gasteiger partial charge in [-0.15, -0.1) is 0 Å². The van der Waals surface area contributed by atoms with Crippen molar-refractivity contribution in [2.24, 2.45) is 0 Å². The molecular formula is C26H24FN5O2. The van der Waals surface area contributed by atoms with Crippen LogP contribution in [0.5, 0.6) is 11.5 Å². The fraction of sp³-hybridized carbons (Fsp3) is 0.231. The Labute approximate surface area is 196 Å². The molecule has 2 aromatic carbocycles. The van der Waals surface area contributed by atoms with Gasteiger partial charge < -0.3 is 9.64 Å². The summed E-state index contributed by atoms with van der Waals surface area (Å²) in [5.41, 5.74) is 0.920. The number of benzene rings is 2. The van der Waals surface area contributed by atoms with Gasteiger partial charge in [-0.05, 0) is 50.1 Å². The van der Waals surface area contributed by atoms with E-state index >= 15 is 4.39 Å². The van der Waals surface area contributed by atoms with E-state index in [-0.39, 0.29) is 5.91 Å². The van der Waals surface area contributed by atoms with Crippen molar-refractivity contribution >= 4 is 16.9 Å². The summed E-state index contributed by atoms with van der Waals surface area (Å²) in [6, 6.07) is 13.9. The molecule has 7 nitrogen and oxygen atoms in total. The van der Waals surface area contributed by atoms with Crippen molar-refractivity contribution in [3.05, 3.63) is 79.5 Å². The van der Waals surface area contributed by atoms with Crippen LogP contribution in [0.2, 0.25) is 0 Å². The van der Waals surface area contributed by atoms with E-state index in [0.717, 1.165) is 12.8 Å². The molecule has 0 aliphatic carbocycles. The van der Waals surface area contributed by atoms with E-state index in [9.17, 15) is 4.79 Å². The van der Waals surface area contributed by atoms with Gasteiger partial charge in [-0.25, -0.2) is 19.0 Å². The molecule has 0 N–H and O–H groups in total. The quantitative estimate of drug-likeness (QED) is 0.381. The molecule has 1 atom stereocenters. The van der Waals surface area contributed by atoms with Crippen LogP contribution in [0.25, 0.3) is 22.3 Å². The van der Waals surface area contributed by atoms with Gasteiger partial charge in [0.25, 0.3) is 0 Å². The van der Waals surface area contributed by atoms with Gasteiger partial charge in [-0.3, -0.25) is 4.79 Å². The lowest BCUT2D eigenvalue weighted by atomic mass is 9.99. The number of aromatic nitrogens is 4. The summed E-state index contributed by atoms with van der Waals surface area (Å²) >= 11 is 0. The van der Waals surface area contributed by atoms with Gasteiger partial charge >= 0.3 is 0 Å². The molecule has 1 saturated heterocycles.